The number of hydrogen-bond acceptors (Lipinski definition) is 3. The Bertz CT molecular complexity index is 509. The fraction of sp³-hybridized carbons (Fsp3) is 0.562. The molecule has 1 aromatic rings. The number of halogens is 1. The van der Waals surface area contributed by atoms with Crippen LogP contribution in [0.25, 0.3) is 0 Å². The number of ether oxygens (including phenoxy) is 1. The molecule has 0 amide bonds. The zero-order valence-electron chi connectivity index (χ0n) is 11.6. The third kappa shape index (κ3) is 3.23. The summed E-state index contributed by atoms with van der Waals surface area (Å²) in [4.78, 5) is 12.3. The van der Waals surface area contributed by atoms with Crippen LogP contribution in [0.1, 0.15) is 30.4 Å². The first-order chi connectivity index (χ1) is 9.72. The molecular weight excluding hydrogens is 318 g/mol. The standard InChI is InChI=1S/C16H20BrNO2/c17-14-7-12-3-5-20-16(12)13(8-14)9-15(19)6-11-2-1-4-18-10-11/h7-8,11,18H,1-6,9-10H2. The van der Waals surface area contributed by atoms with E-state index in [2.05, 4.69) is 27.3 Å². The highest BCUT2D eigenvalue weighted by Gasteiger charge is 2.21. The monoisotopic (exact) mass is 337 g/mol. The van der Waals surface area contributed by atoms with Crippen molar-refractivity contribution in [3.05, 3.63) is 27.7 Å². The van der Waals surface area contributed by atoms with Crippen molar-refractivity contribution in [2.24, 2.45) is 5.92 Å². The molecule has 2 heterocycles. The van der Waals surface area contributed by atoms with Crippen LogP contribution in [0.3, 0.4) is 0 Å². The third-order valence-electron chi connectivity index (χ3n) is 4.13. The Morgan fingerprint density at radius 1 is 1.45 bits per heavy atom. The van der Waals surface area contributed by atoms with Crippen LogP contribution in [0.4, 0.5) is 0 Å². The number of rotatable bonds is 4. The molecule has 108 valence electrons. The lowest BCUT2D eigenvalue weighted by Crippen LogP contribution is -2.31. The van der Waals surface area contributed by atoms with Gasteiger partial charge in [0.15, 0.2) is 0 Å². The second-order valence-electron chi connectivity index (χ2n) is 5.78. The first-order valence-corrected chi connectivity index (χ1v) is 8.18. The average Bonchev–Trinajstić information content (AvgIpc) is 2.88. The van der Waals surface area contributed by atoms with Crippen molar-refractivity contribution in [1.82, 2.24) is 5.32 Å². The minimum absolute atomic E-state index is 0.328. The van der Waals surface area contributed by atoms with Gasteiger partial charge in [0.1, 0.15) is 11.5 Å². The largest absolute Gasteiger partial charge is 0.493 e. The molecule has 3 rings (SSSR count). The molecule has 3 nitrogen and oxygen atoms in total. The molecule has 4 heteroatoms. The molecule has 20 heavy (non-hydrogen) atoms. The van der Waals surface area contributed by atoms with E-state index in [1.54, 1.807) is 0 Å². The van der Waals surface area contributed by atoms with Crippen molar-refractivity contribution >= 4 is 21.7 Å². The zero-order valence-corrected chi connectivity index (χ0v) is 13.2. The van der Waals surface area contributed by atoms with Crippen molar-refractivity contribution in [3.8, 4) is 5.75 Å². The van der Waals surface area contributed by atoms with Gasteiger partial charge in [-0.05, 0) is 49.5 Å². The van der Waals surface area contributed by atoms with E-state index in [0.29, 0.717) is 24.5 Å². The van der Waals surface area contributed by atoms with Crippen LogP contribution in [0.5, 0.6) is 5.75 Å². The van der Waals surface area contributed by atoms with Gasteiger partial charge in [0.25, 0.3) is 0 Å². The maximum absolute atomic E-state index is 12.3. The molecule has 0 radical (unpaired) electrons. The molecule has 1 N–H and O–H groups in total. The summed E-state index contributed by atoms with van der Waals surface area (Å²) in [5.41, 5.74) is 2.27. The summed E-state index contributed by atoms with van der Waals surface area (Å²) in [5.74, 6) is 1.79. The van der Waals surface area contributed by atoms with E-state index in [4.69, 9.17) is 4.74 Å². The molecule has 2 aliphatic heterocycles. The fourth-order valence-electron chi connectivity index (χ4n) is 3.18. The van der Waals surface area contributed by atoms with Gasteiger partial charge in [0.2, 0.25) is 0 Å². The lowest BCUT2D eigenvalue weighted by atomic mass is 9.92. The molecule has 1 fully saturated rings. The van der Waals surface area contributed by atoms with Gasteiger partial charge in [0.05, 0.1) is 6.61 Å². The Morgan fingerprint density at radius 2 is 2.35 bits per heavy atom. The van der Waals surface area contributed by atoms with Crippen LogP contribution in [0.2, 0.25) is 0 Å². The summed E-state index contributed by atoms with van der Waals surface area (Å²) >= 11 is 3.53. The maximum Gasteiger partial charge on any atom is 0.137 e. The van der Waals surface area contributed by atoms with Gasteiger partial charge in [-0.15, -0.1) is 0 Å². The van der Waals surface area contributed by atoms with Crippen LogP contribution >= 0.6 is 15.9 Å². The van der Waals surface area contributed by atoms with Gasteiger partial charge in [-0.2, -0.15) is 0 Å². The fourth-order valence-corrected chi connectivity index (χ4v) is 3.73. The Kier molecular flexibility index (Phi) is 4.41. The van der Waals surface area contributed by atoms with Gasteiger partial charge >= 0.3 is 0 Å². The number of hydrogen-bond donors (Lipinski definition) is 1. The number of nitrogens with one attached hydrogen (secondary N) is 1. The number of ketones is 1. The smallest absolute Gasteiger partial charge is 0.137 e. The maximum atomic E-state index is 12.3. The quantitative estimate of drug-likeness (QED) is 0.917. The highest BCUT2D eigenvalue weighted by molar-refractivity contribution is 9.10. The topological polar surface area (TPSA) is 38.3 Å². The lowest BCUT2D eigenvalue weighted by molar-refractivity contribution is -0.119. The van der Waals surface area contributed by atoms with E-state index in [9.17, 15) is 4.79 Å². The van der Waals surface area contributed by atoms with Gasteiger partial charge in [-0.3, -0.25) is 4.79 Å². The van der Waals surface area contributed by atoms with E-state index in [1.165, 1.54) is 18.4 Å². The van der Waals surface area contributed by atoms with Crippen LogP contribution < -0.4 is 10.1 Å². The summed E-state index contributed by atoms with van der Waals surface area (Å²) in [6.07, 6.45) is 4.49. The number of carbonyl (C=O) groups is 1. The summed E-state index contributed by atoms with van der Waals surface area (Å²) in [6.45, 7) is 2.82. The predicted octanol–water partition coefficient (Wildman–Crippen LogP) is 2.89. The third-order valence-corrected chi connectivity index (χ3v) is 4.59. The van der Waals surface area contributed by atoms with Crippen LogP contribution in [0, 0.1) is 5.92 Å². The number of carbonyl (C=O) groups excluding carboxylic acids is 1. The molecule has 1 saturated heterocycles. The van der Waals surface area contributed by atoms with Crippen LogP contribution in [-0.2, 0) is 17.6 Å². The minimum Gasteiger partial charge on any atom is -0.493 e. The Morgan fingerprint density at radius 3 is 3.15 bits per heavy atom. The second-order valence-corrected chi connectivity index (χ2v) is 6.70. The van der Waals surface area contributed by atoms with Gasteiger partial charge in [0, 0.05) is 29.3 Å². The van der Waals surface area contributed by atoms with Crippen LogP contribution in [0.15, 0.2) is 16.6 Å². The van der Waals surface area contributed by atoms with E-state index in [1.807, 2.05) is 6.07 Å². The first-order valence-electron chi connectivity index (χ1n) is 7.39. The summed E-state index contributed by atoms with van der Waals surface area (Å²) in [6, 6.07) is 4.13. The van der Waals surface area contributed by atoms with E-state index >= 15 is 0 Å². The summed E-state index contributed by atoms with van der Waals surface area (Å²) in [5, 5.41) is 3.37. The van der Waals surface area contributed by atoms with Crippen molar-refractivity contribution in [2.75, 3.05) is 19.7 Å². The Balaban J connectivity index is 1.66. The molecule has 0 spiro atoms. The van der Waals surface area contributed by atoms with Gasteiger partial charge in [-0.1, -0.05) is 15.9 Å². The lowest BCUT2D eigenvalue weighted by Gasteiger charge is -2.22. The van der Waals surface area contributed by atoms with Gasteiger partial charge in [-0.25, -0.2) is 0 Å². The van der Waals surface area contributed by atoms with Crippen molar-refractivity contribution < 1.29 is 9.53 Å². The first kappa shape index (κ1) is 14.1. The molecule has 0 bridgehead atoms. The molecule has 1 atom stereocenters. The van der Waals surface area contributed by atoms with E-state index < -0.39 is 0 Å². The average molecular weight is 338 g/mol. The normalized spacial score (nSPS) is 21.4. The zero-order chi connectivity index (χ0) is 13.9. The van der Waals surface area contributed by atoms with Crippen molar-refractivity contribution in [2.45, 2.75) is 32.1 Å². The summed E-state index contributed by atoms with van der Waals surface area (Å²) < 4.78 is 6.74. The number of Topliss-reactive ketones (excluding diaryl/α,β-unsaturated/α-hetero) is 1. The molecule has 0 aromatic heterocycles. The second kappa shape index (κ2) is 6.27. The predicted molar refractivity (Wildman–Crippen MR) is 82.3 cm³/mol. The van der Waals surface area contributed by atoms with Gasteiger partial charge < -0.3 is 10.1 Å². The molecule has 0 saturated carbocycles. The van der Waals surface area contributed by atoms with E-state index in [0.717, 1.165) is 41.9 Å². The minimum atomic E-state index is 0.328. The van der Waals surface area contributed by atoms with E-state index in [-0.39, 0.29) is 0 Å². The molecule has 2 aliphatic rings. The van der Waals surface area contributed by atoms with Crippen molar-refractivity contribution in [3.63, 3.8) is 0 Å². The van der Waals surface area contributed by atoms with Crippen molar-refractivity contribution in [1.29, 1.82) is 0 Å². The number of fused-ring (bicyclic) bond motifs is 1. The SMILES string of the molecule is O=C(Cc1cc(Br)cc2c1OCC2)CC1CCCNC1. The Labute approximate surface area is 128 Å². The molecular formula is C16H20BrNO2. The summed E-state index contributed by atoms with van der Waals surface area (Å²) in [7, 11) is 0. The molecule has 1 unspecified atom stereocenters. The van der Waals surface area contributed by atoms with Crippen LogP contribution in [-0.4, -0.2) is 25.5 Å². The number of piperidine rings is 1. The molecule has 0 aliphatic carbocycles. The highest BCUT2D eigenvalue weighted by atomic mass is 79.9. The highest BCUT2D eigenvalue weighted by Crippen LogP contribution is 2.33. The Hall–Kier alpha value is -0.870. The number of benzene rings is 1. The molecule has 1 aromatic carbocycles.